The molecule has 40 heavy (non-hydrogen) atoms. The summed E-state index contributed by atoms with van der Waals surface area (Å²) >= 11 is 0. The normalized spacial score (nSPS) is 14.8. The molecule has 0 saturated heterocycles. The lowest BCUT2D eigenvalue weighted by atomic mass is 10.1. The van der Waals surface area contributed by atoms with Crippen LogP contribution in [0.3, 0.4) is 0 Å². The number of anilines is 1. The molecule has 0 saturated carbocycles. The van der Waals surface area contributed by atoms with E-state index in [1.54, 1.807) is 0 Å². The van der Waals surface area contributed by atoms with Crippen molar-refractivity contribution in [2.45, 2.75) is 66.4 Å². The fraction of sp³-hybridized carbons (Fsp3) is 0.314. The Hall–Kier alpha value is -4.12. The van der Waals surface area contributed by atoms with Crippen molar-refractivity contribution in [3.63, 3.8) is 0 Å². The quantitative estimate of drug-likeness (QED) is 0.107. The molecule has 5 nitrogen and oxygen atoms in total. The third-order valence-corrected chi connectivity index (χ3v) is 6.63. The molecule has 0 radical (unpaired) electrons. The van der Waals surface area contributed by atoms with E-state index in [1.807, 2.05) is 37.3 Å². The van der Waals surface area contributed by atoms with Crippen molar-refractivity contribution in [2.24, 2.45) is 10.2 Å². The van der Waals surface area contributed by atoms with Gasteiger partial charge in [0.15, 0.2) is 0 Å². The van der Waals surface area contributed by atoms with Crippen LogP contribution in [0.2, 0.25) is 0 Å². The van der Waals surface area contributed by atoms with Gasteiger partial charge < -0.3 is 14.8 Å². The van der Waals surface area contributed by atoms with Crippen LogP contribution in [0.1, 0.15) is 70.9 Å². The van der Waals surface area contributed by atoms with Gasteiger partial charge in [-0.05, 0) is 86.1 Å². The van der Waals surface area contributed by atoms with Crippen molar-refractivity contribution < 1.29 is 9.47 Å². The minimum Gasteiger partial charge on any atom is -0.494 e. The Morgan fingerprint density at radius 2 is 1.75 bits per heavy atom. The molecular weight excluding hydrogens is 494 g/mol. The lowest BCUT2D eigenvalue weighted by Crippen LogP contribution is -2.10. The Kier molecular flexibility index (Phi) is 12.7. The summed E-state index contributed by atoms with van der Waals surface area (Å²) in [6.45, 7) is 13.0. The zero-order valence-corrected chi connectivity index (χ0v) is 24.5. The highest BCUT2D eigenvalue weighted by Crippen LogP contribution is 2.25. The van der Waals surface area contributed by atoms with E-state index in [1.165, 1.54) is 11.1 Å². The van der Waals surface area contributed by atoms with E-state index in [0.29, 0.717) is 13.2 Å². The smallest absolute Gasteiger partial charge is 0.142 e. The molecule has 0 amide bonds. The first kappa shape index (κ1) is 30.4. The second kappa shape index (κ2) is 16.8. The second-order valence-corrected chi connectivity index (χ2v) is 9.82. The van der Waals surface area contributed by atoms with E-state index < -0.39 is 0 Å². The van der Waals surface area contributed by atoms with E-state index in [0.717, 1.165) is 71.8 Å². The zero-order valence-electron chi connectivity index (χ0n) is 24.5. The van der Waals surface area contributed by atoms with Gasteiger partial charge in [-0.3, -0.25) is 0 Å². The van der Waals surface area contributed by atoms with Crippen LogP contribution in [-0.4, -0.2) is 19.0 Å². The number of rotatable bonds is 15. The van der Waals surface area contributed by atoms with E-state index in [4.69, 9.17) is 9.47 Å². The number of benzene rings is 2. The maximum Gasteiger partial charge on any atom is 0.142 e. The predicted octanol–water partition coefficient (Wildman–Crippen LogP) is 9.28. The molecule has 2 aromatic carbocycles. The number of nitrogens with one attached hydrogen (secondary N) is 1. The number of allylic oxidation sites excluding steroid dienone is 7. The molecule has 3 rings (SSSR count). The number of hydrogen-bond acceptors (Lipinski definition) is 5. The molecular formula is C35H43N3O2. The summed E-state index contributed by atoms with van der Waals surface area (Å²) in [5.41, 5.74) is 7.43. The fourth-order valence-electron chi connectivity index (χ4n) is 4.20. The van der Waals surface area contributed by atoms with Crippen LogP contribution >= 0.6 is 0 Å². The minimum atomic E-state index is 0.525. The van der Waals surface area contributed by atoms with Gasteiger partial charge in [-0.25, -0.2) is 0 Å². The first-order valence-electron chi connectivity index (χ1n) is 14.2. The first-order chi connectivity index (χ1) is 19.5. The number of hydrogen-bond donors (Lipinski definition) is 1. The Bertz CT molecular complexity index is 1280. The van der Waals surface area contributed by atoms with Crippen LogP contribution in [-0.2, 0) is 16.1 Å². The van der Waals surface area contributed by atoms with Gasteiger partial charge in [0.2, 0.25) is 0 Å². The minimum absolute atomic E-state index is 0.525. The standard InChI is InChI=1S/C35H43N3O2/c1-6-14-33(38-36-5)31-20-22-32(23-21-31)37-34(24-19-28(4)39-25-29-15-10-8-11-16-29)35(27(3)7-2)40-26-30-17-12-9-13-18-30/h8-12,15-17,19-24,37H,5-7,13-14,18,25-26H2,1-4H3/b28-19+,34-24+,35-27?,38-33+. The average Bonchev–Trinajstić information content (AvgIpc) is 3.00. The Balaban J connectivity index is 1.88. The third-order valence-electron chi connectivity index (χ3n) is 6.63. The lowest BCUT2D eigenvalue weighted by Gasteiger charge is -2.20. The largest absolute Gasteiger partial charge is 0.494 e. The summed E-state index contributed by atoms with van der Waals surface area (Å²) in [4.78, 5) is 0. The van der Waals surface area contributed by atoms with E-state index in [9.17, 15) is 0 Å². The van der Waals surface area contributed by atoms with Gasteiger partial charge in [-0.15, -0.1) is 0 Å². The van der Waals surface area contributed by atoms with Gasteiger partial charge in [-0.1, -0.05) is 81.0 Å². The summed E-state index contributed by atoms with van der Waals surface area (Å²) in [6, 6.07) is 18.5. The average molecular weight is 538 g/mol. The van der Waals surface area contributed by atoms with Crippen molar-refractivity contribution in [3.8, 4) is 0 Å². The van der Waals surface area contributed by atoms with Crippen molar-refractivity contribution in [2.75, 3.05) is 11.9 Å². The molecule has 210 valence electrons. The SMILES string of the molecule is C=N/N=C(\CCC)c1ccc(N/C(=C/C=C(\C)OCc2ccccc2)C(OCC2=CC=CCC2)=C(C)CC)cc1. The maximum atomic E-state index is 6.49. The van der Waals surface area contributed by atoms with Gasteiger partial charge in [0.05, 0.1) is 17.2 Å². The van der Waals surface area contributed by atoms with E-state index in [2.05, 4.69) is 97.6 Å². The molecule has 5 heteroatoms. The Labute approximate surface area is 240 Å². The molecule has 0 aliphatic heterocycles. The van der Waals surface area contributed by atoms with Gasteiger partial charge in [0, 0.05) is 12.4 Å². The molecule has 1 N–H and O–H groups in total. The van der Waals surface area contributed by atoms with Crippen LogP contribution in [0.25, 0.3) is 0 Å². The van der Waals surface area contributed by atoms with Crippen molar-refractivity contribution in [1.82, 2.24) is 0 Å². The Morgan fingerprint density at radius 3 is 2.40 bits per heavy atom. The zero-order chi connectivity index (χ0) is 28.6. The molecule has 0 aromatic heterocycles. The molecule has 0 bridgehead atoms. The monoisotopic (exact) mass is 537 g/mol. The van der Waals surface area contributed by atoms with Crippen LogP contribution < -0.4 is 5.32 Å². The molecule has 0 fully saturated rings. The summed E-state index contributed by atoms with van der Waals surface area (Å²) in [5, 5.41) is 11.6. The highest BCUT2D eigenvalue weighted by Gasteiger charge is 2.13. The van der Waals surface area contributed by atoms with Crippen LogP contribution in [0.4, 0.5) is 5.69 Å². The van der Waals surface area contributed by atoms with Gasteiger partial charge in [0.1, 0.15) is 19.0 Å². The molecule has 2 aromatic rings. The van der Waals surface area contributed by atoms with Gasteiger partial charge in [-0.2, -0.15) is 10.2 Å². The topological polar surface area (TPSA) is 55.2 Å². The molecule has 0 atom stereocenters. The van der Waals surface area contributed by atoms with Gasteiger partial charge in [0.25, 0.3) is 0 Å². The van der Waals surface area contributed by atoms with Crippen molar-refractivity contribution >= 4 is 18.1 Å². The predicted molar refractivity (Wildman–Crippen MR) is 170 cm³/mol. The lowest BCUT2D eigenvalue weighted by molar-refractivity contribution is 0.201. The summed E-state index contributed by atoms with van der Waals surface area (Å²) in [6.07, 6.45) is 15.3. The highest BCUT2D eigenvalue weighted by atomic mass is 16.5. The number of nitrogens with zero attached hydrogens (tertiary/aromatic N) is 2. The van der Waals surface area contributed by atoms with Crippen molar-refractivity contribution in [1.29, 1.82) is 0 Å². The summed E-state index contributed by atoms with van der Waals surface area (Å²) < 4.78 is 12.5. The van der Waals surface area contributed by atoms with Crippen LogP contribution in [0.15, 0.2) is 124 Å². The fourth-order valence-corrected chi connectivity index (χ4v) is 4.20. The molecule has 0 spiro atoms. The second-order valence-electron chi connectivity index (χ2n) is 9.82. The van der Waals surface area contributed by atoms with Crippen LogP contribution in [0, 0.1) is 0 Å². The summed E-state index contributed by atoms with van der Waals surface area (Å²) in [7, 11) is 0. The molecule has 0 heterocycles. The maximum absolute atomic E-state index is 6.49. The Morgan fingerprint density at radius 1 is 0.975 bits per heavy atom. The first-order valence-corrected chi connectivity index (χ1v) is 14.2. The molecule has 1 aliphatic rings. The van der Waals surface area contributed by atoms with E-state index in [-0.39, 0.29) is 0 Å². The number of ether oxygens (including phenoxy) is 2. The van der Waals surface area contributed by atoms with Crippen LogP contribution in [0.5, 0.6) is 0 Å². The third kappa shape index (κ3) is 9.88. The van der Waals surface area contributed by atoms with E-state index >= 15 is 0 Å². The highest BCUT2D eigenvalue weighted by molar-refractivity contribution is 6.00. The van der Waals surface area contributed by atoms with Crippen molar-refractivity contribution in [3.05, 3.63) is 124 Å². The summed E-state index contributed by atoms with van der Waals surface area (Å²) in [5.74, 6) is 1.68. The van der Waals surface area contributed by atoms with Gasteiger partial charge >= 0.3 is 0 Å². The molecule has 0 unspecified atom stereocenters. The molecule has 1 aliphatic carbocycles.